The molecule has 1 aliphatic rings. The monoisotopic (exact) mass is 591 g/mol. The maximum atomic E-state index is 14.5. The summed E-state index contributed by atoms with van der Waals surface area (Å²) in [6, 6.07) is 11.7. The van der Waals surface area contributed by atoms with Gasteiger partial charge in [-0.05, 0) is 44.0 Å². The second-order valence-electron chi connectivity index (χ2n) is 9.89. The van der Waals surface area contributed by atoms with Gasteiger partial charge in [-0.3, -0.25) is 14.3 Å². The molecule has 0 spiro atoms. The first-order valence-corrected chi connectivity index (χ1v) is 14.0. The Kier molecular flexibility index (Phi) is 6.66. The maximum Gasteiger partial charge on any atom is 0.303 e. The lowest BCUT2D eigenvalue weighted by Crippen LogP contribution is -2.33. The molecule has 2 aromatic carbocycles. The molecule has 0 bridgehead atoms. The van der Waals surface area contributed by atoms with E-state index in [9.17, 15) is 14.0 Å². The molecule has 41 heavy (non-hydrogen) atoms. The number of benzene rings is 2. The number of amides is 1. The first kappa shape index (κ1) is 26.8. The number of nitrogens with zero attached hydrogens (tertiary/aromatic N) is 5. The van der Waals surface area contributed by atoms with Gasteiger partial charge in [-0.1, -0.05) is 29.8 Å². The summed E-state index contributed by atoms with van der Waals surface area (Å²) < 4.78 is 16.1. The van der Waals surface area contributed by atoms with Gasteiger partial charge >= 0.3 is 5.97 Å². The smallest absolute Gasteiger partial charge is 0.303 e. The summed E-state index contributed by atoms with van der Waals surface area (Å²) in [6.07, 6.45) is 0.953. The molecule has 208 valence electrons. The molecule has 6 rings (SSSR count). The van der Waals surface area contributed by atoms with Crippen LogP contribution in [-0.4, -0.2) is 41.7 Å². The molecule has 3 aromatic heterocycles. The largest absolute Gasteiger partial charge is 0.481 e. The summed E-state index contributed by atoms with van der Waals surface area (Å²) in [4.78, 5) is 38.0. The van der Waals surface area contributed by atoms with Crippen LogP contribution in [0.3, 0.4) is 0 Å². The number of nitrogen functional groups attached to an aromatic ring is 1. The summed E-state index contributed by atoms with van der Waals surface area (Å²) in [5, 5.41) is 20.0. The highest BCUT2D eigenvalue weighted by Gasteiger charge is 2.49. The fourth-order valence-electron chi connectivity index (χ4n) is 5.01. The molecule has 0 saturated carbocycles. The fourth-order valence-corrected chi connectivity index (χ4v) is 6.20. The minimum atomic E-state index is -1.23. The lowest BCUT2D eigenvalue weighted by atomic mass is 9.85. The number of hydrogen-bond donors (Lipinski definition) is 3. The number of carbonyl (C=O) groups excluding carboxylic acids is 1. The van der Waals surface area contributed by atoms with Crippen molar-refractivity contribution >= 4 is 57.4 Å². The molecule has 4 N–H and O–H groups in total. The Labute approximate surface area is 242 Å². The number of fused-ring (bicyclic) bond motifs is 2. The highest BCUT2D eigenvalue weighted by Crippen LogP contribution is 2.46. The van der Waals surface area contributed by atoms with Crippen LogP contribution in [0.15, 0.2) is 47.8 Å². The van der Waals surface area contributed by atoms with Crippen molar-refractivity contribution < 1.29 is 19.1 Å². The van der Waals surface area contributed by atoms with E-state index >= 15 is 0 Å². The van der Waals surface area contributed by atoms with Crippen molar-refractivity contribution in [2.45, 2.75) is 38.1 Å². The number of halogens is 2. The molecule has 0 fully saturated rings. The van der Waals surface area contributed by atoms with E-state index in [1.807, 2.05) is 5.38 Å². The Morgan fingerprint density at radius 2 is 2.02 bits per heavy atom. The van der Waals surface area contributed by atoms with Crippen molar-refractivity contribution in [1.29, 1.82) is 0 Å². The lowest BCUT2D eigenvalue weighted by molar-refractivity contribution is -0.137. The van der Waals surface area contributed by atoms with Crippen molar-refractivity contribution in [3.8, 4) is 11.5 Å². The Hall–Kier alpha value is -4.42. The van der Waals surface area contributed by atoms with E-state index < -0.39 is 11.4 Å². The number of rotatable bonds is 8. The SMILES string of the molecule is C[C@]1(c2nc(CCCC(=O)O)cs2)C(=O)Nc2nc(-c3nn(Cc4ccccc4F)c4cc(Cl)ccc34)nc(N)c21. The molecule has 5 aromatic rings. The summed E-state index contributed by atoms with van der Waals surface area (Å²) >= 11 is 7.59. The zero-order valence-corrected chi connectivity index (χ0v) is 23.3. The average molecular weight is 592 g/mol. The van der Waals surface area contributed by atoms with Crippen LogP contribution in [0.5, 0.6) is 0 Å². The van der Waals surface area contributed by atoms with Crippen LogP contribution in [0.25, 0.3) is 22.4 Å². The number of nitrogens with one attached hydrogen (secondary N) is 1. The number of thiazole rings is 1. The molecule has 0 aliphatic carbocycles. The third-order valence-corrected chi connectivity index (χ3v) is 8.48. The Bertz CT molecular complexity index is 1860. The molecule has 0 saturated heterocycles. The van der Waals surface area contributed by atoms with E-state index in [1.54, 1.807) is 48.0 Å². The molecule has 13 heteroatoms. The van der Waals surface area contributed by atoms with Crippen LogP contribution in [0.4, 0.5) is 16.0 Å². The Morgan fingerprint density at radius 3 is 2.80 bits per heavy atom. The quantitative estimate of drug-likeness (QED) is 0.227. The third kappa shape index (κ3) is 4.68. The van der Waals surface area contributed by atoms with Crippen molar-refractivity contribution in [1.82, 2.24) is 24.7 Å². The van der Waals surface area contributed by atoms with E-state index in [0.717, 1.165) is 0 Å². The highest BCUT2D eigenvalue weighted by atomic mass is 35.5. The van der Waals surface area contributed by atoms with Crippen molar-refractivity contribution in [3.05, 3.63) is 80.5 Å². The third-order valence-electron chi connectivity index (χ3n) is 7.13. The molecule has 1 atom stereocenters. The molecule has 1 amide bonds. The van der Waals surface area contributed by atoms with Gasteiger partial charge in [0.15, 0.2) is 5.82 Å². The summed E-state index contributed by atoms with van der Waals surface area (Å²) in [5.41, 5.74) is 7.89. The zero-order valence-electron chi connectivity index (χ0n) is 21.7. The summed E-state index contributed by atoms with van der Waals surface area (Å²) in [6.45, 7) is 1.87. The van der Waals surface area contributed by atoms with E-state index in [1.165, 1.54) is 17.4 Å². The van der Waals surface area contributed by atoms with E-state index in [0.29, 0.717) is 56.3 Å². The number of carboxylic acid groups (broad SMARTS) is 1. The van der Waals surface area contributed by atoms with Gasteiger partial charge in [0.05, 0.1) is 23.3 Å². The van der Waals surface area contributed by atoms with E-state index in [2.05, 4.69) is 20.3 Å². The topological polar surface area (TPSA) is 149 Å². The van der Waals surface area contributed by atoms with Crippen molar-refractivity contribution in [3.63, 3.8) is 0 Å². The van der Waals surface area contributed by atoms with Gasteiger partial charge in [0.1, 0.15) is 33.6 Å². The Balaban J connectivity index is 1.40. The molecule has 4 heterocycles. The van der Waals surface area contributed by atoms with Crippen LogP contribution in [0.2, 0.25) is 5.02 Å². The number of aryl methyl sites for hydroxylation is 1. The van der Waals surface area contributed by atoms with Gasteiger partial charge in [0, 0.05) is 27.8 Å². The van der Waals surface area contributed by atoms with Crippen LogP contribution in [-0.2, 0) is 28.0 Å². The van der Waals surface area contributed by atoms with Gasteiger partial charge in [-0.25, -0.2) is 19.3 Å². The number of carboxylic acids is 1. The predicted octanol–water partition coefficient (Wildman–Crippen LogP) is 5.04. The zero-order chi connectivity index (χ0) is 28.9. The first-order chi connectivity index (χ1) is 19.6. The number of aliphatic carboxylic acids is 1. The Morgan fingerprint density at radius 1 is 1.22 bits per heavy atom. The number of anilines is 2. The molecule has 0 unspecified atom stereocenters. The second-order valence-corrected chi connectivity index (χ2v) is 11.2. The standard InChI is InChI=1S/C28H23ClFN7O3S/c1-28(27-32-16(13-41-27)6-4-8-20(38)39)21-23(31)33-25(34-24(21)35-26(28)40)22-17-10-9-15(29)11-19(17)37(36-22)12-14-5-2-3-7-18(14)30/h2-3,5,7,9-11,13H,4,6,8,12H2,1H3,(H,38,39)(H3,31,33,34,35,40)/t28-/m1/s1. The van der Waals surface area contributed by atoms with Gasteiger partial charge < -0.3 is 16.2 Å². The van der Waals surface area contributed by atoms with Crippen LogP contribution >= 0.6 is 22.9 Å². The summed E-state index contributed by atoms with van der Waals surface area (Å²) in [7, 11) is 0. The lowest BCUT2D eigenvalue weighted by Gasteiger charge is -2.20. The summed E-state index contributed by atoms with van der Waals surface area (Å²) in [5.74, 6) is -1.03. The molecule has 1 aliphatic heterocycles. The van der Waals surface area contributed by atoms with Crippen LogP contribution in [0, 0.1) is 5.82 Å². The first-order valence-electron chi connectivity index (χ1n) is 12.7. The number of aromatic nitrogens is 5. The van der Waals surface area contributed by atoms with Gasteiger partial charge in [0.2, 0.25) is 5.91 Å². The maximum absolute atomic E-state index is 14.5. The fraction of sp³-hybridized carbons (Fsp3) is 0.214. The molecule has 10 nitrogen and oxygen atoms in total. The number of carbonyl (C=O) groups is 2. The minimum Gasteiger partial charge on any atom is -0.481 e. The highest BCUT2D eigenvalue weighted by molar-refractivity contribution is 7.10. The normalized spacial score (nSPS) is 16.2. The van der Waals surface area contributed by atoms with Crippen LogP contribution in [0.1, 0.15) is 41.6 Å². The molecular weight excluding hydrogens is 569 g/mol. The second kappa shape index (κ2) is 10.2. The van der Waals surface area contributed by atoms with Crippen molar-refractivity contribution in [2.24, 2.45) is 0 Å². The predicted molar refractivity (Wildman–Crippen MR) is 153 cm³/mol. The van der Waals surface area contributed by atoms with E-state index in [-0.39, 0.29) is 42.2 Å². The minimum absolute atomic E-state index is 0.0357. The number of nitrogens with two attached hydrogens (primary N) is 1. The van der Waals surface area contributed by atoms with Crippen LogP contribution < -0.4 is 11.1 Å². The molecular formula is C28H23ClFN7O3S. The average Bonchev–Trinajstić information content (AvgIpc) is 3.61. The van der Waals surface area contributed by atoms with Gasteiger partial charge in [-0.15, -0.1) is 11.3 Å². The molecule has 0 radical (unpaired) electrons. The van der Waals surface area contributed by atoms with Gasteiger partial charge in [0.25, 0.3) is 0 Å². The van der Waals surface area contributed by atoms with E-state index in [4.69, 9.17) is 27.5 Å². The van der Waals surface area contributed by atoms with Crippen molar-refractivity contribution in [2.75, 3.05) is 11.1 Å². The number of hydrogen-bond acceptors (Lipinski definition) is 8. The van der Waals surface area contributed by atoms with Gasteiger partial charge in [-0.2, -0.15) is 5.10 Å².